The van der Waals surface area contributed by atoms with Gasteiger partial charge in [-0.05, 0) is 62.2 Å². The van der Waals surface area contributed by atoms with Crippen LogP contribution in [0.1, 0.15) is 42.3 Å². The lowest BCUT2D eigenvalue weighted by Crippen LogP contribution is -2.01. The molecule has 31 heavy (non-hydrogen) atoms. The molecule has 0 spiro atoms. The summed E-state index contributed by atoms with van der Waals surface area (Å²) in [6.07, 6.45) is 6.67. The van der Waals surface area contributed by atoms with Crippen molar-refractivity contribution < 1.29 is 19.0 Å². The Balaban J connectivity index is 1.64. The Hall–Kier alpha value is -3.54. The topological polar surface area (TPSA) is 62.6 Å². The molecule has 1 heterocycles. The van der Waals surface area contributed by atoms with Crippen molar-refractivity contribution in [1.29, 1.82) is 0 Å². The molecule has 1 aromatic heterocycles. The van der Waals surface area contributed by atoms with Crippen LogP contribution < -0.4 is 14.2 Å². The Kier molecular flexibility index (Phi) is 7.87. The molecule has 0 unspecified atom stereocenters. The molecule has 0 saturated carbocycles. The van der Waals surface area contributed by atoms with Crippen molar-refractivity contribution in [2.45, 2.75) is 33.9 Å². The average molecular weight is 421 g/mol. The van der Waals surface area contributed by atoms with Gasteiger partial charge in [-0.25, -0.2) is 0 Å². The SMILES string of the molecule is CCOc1ccc(COc2cccc(/C=C/C(=O)c3cnn(CC)c3)c2)cc1OCC. The molecular weight excluding hydrogens is 392 g/mol. The highest BCUT2D eigenvalue weighted by Crippen LogP contribution is 2.29. The fraction of sp³-hybridized carbons (Fsp3) is 0.280. The number of carbonyl (C=O) groups is 1. The first kappa shape index (κ1) is 22.2. The third kappa shape index (κ3) is 6.22. The third-order valence-electron chi connectivity index (χ3n) is 4.54. The minimum atomic E-state index is -0.0798. The first-order valence-corrected chi connectivity index (χ1v) is 10.5. The molecule has 3 rings (SSSR count). The Labute approximate surface area is 183 Å². The van der Waals surface area contributed by atoms with Crippen LogP contribution in [0, 0.1) is 0 Å². The van der Waals surface area contributed by atoms with E-state index in [1.165, 1.54) is 0 Å². The molecule has 0 radical (unpaired) electrons. The highest BCUT2D eigenvalue weighted by atomic mass is 16.5. The summed E-state index contributed by atoms with van der Waals surface area (Å²) in [5.74, 6) is 2.09. The second kappa shape index (κ2) is 11.0. The molecule has 2 aromatic carbocycles. The highest BCUT2D eigenvalue weighted by molar-refractivity contribution is 6.06. The summed E-state index contributed by atoms with van der Waals surface area (Å²) < 4.78 is 19.0. The number of benzene rings is 2. The highest BCUT2D eigenvalue weighted by Gasteiger charge is 2.07. The summed E-state index contributed by atoms with van der Waals surface area (Å²) in [4.78, 5) is 12.3. The summed E-state index contributed by atoms with van der Waals surface area (Å²) in [5.41, 5.74) is 2.44. The van der Waals surface area contributed by atoms with Crippen LogP contribution in [0.4, 0.5) is 0 Å². The van der Waals surface area contributed by atoms with Crippen molar-refractivity contribution in [2.75, 3.05) is 13.2 Å². The predicted octanol–water partition coefficient (Wildman–Crippen LogP) is 5.18. The van der Waals surface area contributed by atoms with Gasteiger partial charge in [0, 0.05) is 12.7 Å². The molecule has 0 aliphatic carbocycles. The molecule has 0 amide bonds. The van der Waals surface area contributed by atoms with Crippen molar-refractivity contribution in [1.82, 2.24) is 9.78 Å². The fourth-order valence-electron chi connectivity index (χ4n) is 2.99. The van der Waals surface area contributed by atoms with Gasteiger partial charge in [-0.2, -0.15) is 5.10 Å². The number of aryl methyl sites for hydroxylation is 1. The number of rotatable bonds is 11. The van der Waals surface area contributed by atoms with E-state index >= 15 is 0 Å². The fourth-order valence-corrected chi connectivity index (χ4v) is 2.99. The van der Waals surface area contributed by atoms with E-state index in [-0.39, 0.29) is 5.78 Å². The molecule has 0 aliphatic rings. The zero-order valence-corrected chi connectivity index (χ0v) is 18.2. The van der Waals surface area contributed by atoms with Crippen LogP contribution in [-0.2, 0) is 13.2 Å². The lowest BCUT2D eigenvalue weighted by atomic mass is 10.1. The quantitative estimate of drug-likeness (QED) is 0.316. The smallest absolute Gasteiger partial charge is 0.189 e. The van der Waals surface area contributed by atoms with Crippen LogP contribution in [0.5, 0.6) is 17.2 Å². The molecule has 0 bridgehead atoms. The normalized spacial score (nSPS) is 10.9. The largest absolute Gasteiger partial charge is 0.490 e. The minimum absolute atomic E-state index is 0.0798. The number of aromatic nitrogens is 2. The second-order valence-electron chi connectivity index (χ2n) is 6.79. The zero-order chi connectivity index (χ0) is 22.1. The summed E-state index contributed by atoms with van der Waals surface area (Å²) >= 11 is 0. The first-order valence-electron chi connectivity index (χ1n) is 10.5. The molecular formula is C25H28N2O4. The van der Waals surface area contributed by atoms with E-state index in [9.17, 15) is 4.79 Å². The van der Waals surface area contributed by atoms with Crippen molar-refractivity contribution in [2.24, 2.45) is 0 Å². The van der Waals surface area contributed by atoms with Crippen LogP contribution in [0.15, 0.2) is 60.9 Å². The Morgan fingerprint density at radius 2 is 1.81 bits per heavy atom. The van der Waals surface area contributed by atoms with Crippen LogP contribution >= 0.6 is 0 Å². The van der Waals surface area contributed by atoms with Gasteiger partial charge in [-0.15, -0.1) is 0 Å². The molecule has 0 atom stereocenters. The first-order chi connectivity index (χ1) is 15.1. The molecule has 6 heteroatoms. The molecule has 0 aliphatic heterocycles. The molecule has 0 saturated heterocycles. The number of allylic oxidation sites excluding steroid dienone is 1. The maximum atomic E-state index is 12.3. The average Bonchev–Trinajstić information content (AvgIpc) is 3.28. The minimum Gasteiger partial charge on any atom is -0.490 e. The lowest BCUT2D eigenvalue weighted by Gasteiger charge is -2.13. The zero-order valence-electron chi connectivity index (χ0n) is 18.2. The number of nitrogens with zero attached hydrogens (tertiary/aromatic N) is 2. The predicted molar refractivity (Wildman–Crippen MR) is 121 cm³/mol. The van der Waals surface area contributed by atoms with Crippen LogP contribution in [0.3, 0.4) is 0 Å². The number of ether oxygens (including phenoxy) is 3. The number of carbonyl (C=O) groups excluding carboxylic acids is 1. The summed E-state index contributed by atoms with van der Waals surface area (Å²) in [6, 6.07) is 13.4. The Morgan fingerprint density at radius 3 is 2.55 bits per heavy atom. The maximum Gasteiger partial charge on any atom is 0.189 e. The van der Waals surface area contributed by atoms with Crippen LogP contribution in [-0.4, -0.2) is 28.8 Å². The van der Waals surface area contributed by atoms with E-state index < -0.39 is 0 Å². The molecule has 0 N–H and O–H groups in total. The van der Waals surface area contributed by atoms with Crippen LogP contribution in [0.25, 0.3) is 6.08 Å². The second-order valence-corrected chi connectivity index (χ2v) is 6.79. The number of hydrogen-bond acceptors (Lipinski definition) is 5. The Morgan fingerprint density at radius 1 is 1.00 bits per heavy atom. The Bertz CT molecular complexity index is 1040. The van der Waals surface area contributed by atoms with E-state index in [4.69, 9.17) is 14.2 Å². The van der Waals surface area contributed by atoms with E-state index in [1.807, 2.05) is 63.2 Å². The molecule has 162 valence electrons. The van der Waals surface area contributed by atoms with Crippen molar-refractivity contribution in [3.05, 3.63) is 77.6 Å². The standard InChI is InChI=1S/C25H28N2O4/c1-4-27-17-21(16-26-27)23(28)12-10-19-8-7-9-22(14-19)31-18-20-11-13-24(29-5-2)25(15-20)30-6-3/h7-17H,4-6,18H2,1-3H3/b12-10+. The van der Waals surface area contributed by atoms with E-state index in [0.29, 0.717) is 31.1 Å². The molecule has 0 fully saturated rings. The summed E-state index contributed by atoms with van der Waals surface area (Å²) in [5, 5.41) is 4.14. The van der Waals surface area contributed by atoms with Gasteiger partial charge in [0.05, 0.1) is 25.0 Å². The van der Waals surface area contributed by atoms with Gasteiger partial charge < -0.3 is 14.2 Å². The van der Waals surface area contributed by atoms with Gasteiger partial charge in [0.25, 0.3) is 0 Å². The summed E-state index contributed by atoms with van der Waals surface area (Å²) in [7, 11) is 0. The maximum absolute atomic E-state index is 12.3. The van der Waals surface area contributed by atoms with Crippen molar-refractivity contribution in [3.63, 3.8) is 0 Å². The van der Waals surface area contributed by atoms with Gasteiger partial charge in [0.15, 0.2) is 17.3 Å². The van der Waals surface area contributed by atoms with Gasteiger partial charge in [0.2, 0.25) is 0 Å². The lowest BCUT2D eigenvalue weighted by molar-refractivity contribution is 0.104. The van der Waals surface area contributed by atoms with E-state index in [1.54, 1.807) is 29.2 Å². The monoisotopic (exact) mass is 420 g/mol. The molecule has 6 nitrogen and oxygen atoms in total. The van der Waals surface area contributed by atoms with Gasteiger partial charge in [-0.1, -0.05) is 24.3 Å². The number of ketones is 1. The van der Waals surface area contributed by atoms with Crippen LogP contribution in [0.2, 0.25) is 0 Å². The third-order valence-corrected chi connectivity index (χ3v) is 4.54. The van der Waals surface area contributed by atoms with Crippen molar-refractivity contribution in [3.8, 4) is 17.2 Å². The van der Waals surface area contributed by atoms with Gasteiger partial charge in [-0.3, -0.25) is 9.48 Å². The van der Waals surface area contributed by atoms with Crippen molar-refractivity contribution >= 4 is 11.9 Å². The van der Waals surface area contributed by atoms with Gasteiger partial charge >= 0.3 is 0 Å². The summed E-state index contributed by atoms with van der Waals surface area (Å²) in [6.45, 7) is 8.15. The molecule has 3 aromatic rings. The van der Waals surface area contributed by atoms with E-state index in [2.05, 4.69) is 5.10 Å². The number of hydrogen-bond donors (Lipinski definition) is 0. The van der Waals surface area contributed by atoms with E-state index in [0.717, 1.165) is 29.2 Å². The van der Waals surface area contributed by atoms with Gasteiger partial charge in [0.1, 0.15) is 12.4 Å².